The lowest BCUT2D eigenvalue weighted by molar-refractivity contribution is 0.395. The van der Waals surface area contributed by atoms with Crippen LogP contribution in [0.2, 0.25) is 5.02 Å². The van der Waals surface area contributed by atoms with Gasteiger partial charge in [-0.2, -0.15) is 0 Å². The molecule has 0 amide bonds. The lowest BCUT2D eigenvalue weighted by Crippen LogP contribution is -2.12. The predicted molar refractivity (Wildman–Crippen MR) is 93.0 cm³/mol. The molecular weight excluding hydrogens is 294 g/mol. The third-order valence-corrected chi connectivity index (χ3v) is 3.84. The summed E-state index contributed by atoms with van der Waals surface area (Å²) < 4.78 is 2.18. The fourth-order valence-corrected chi connectivity index (χ4v) is 2.68. The van der Waals surface area contributed by atoms with Crippen molar-refractivity contribution in [1.82, 2.24) is 14.3 Å². The maximum Gasteiger partial charge on any atom is 0.0870 e. The molecule has 2 heterocycles. The van der Waals surface area contributed by atoms with Gasteiger partial charge in [0.2, 0.25) is 0 Å². The van der Waals surface area contributed by atoms with Crippen LogP contribution in [0.1, 0.15) is 17.0 Å². The molecule has 3 aromatic rings. The minimum absolute atomic E-state index is 0.745. The highest BCUT2D eigenvalue weighted by molar-refractivity contribution is 6.32. The molecule has 4 heteroatoms. The van der Waals surface area contributed by atoms with Crippen LogP contribution in [0.15, 0.2) is 48.8 Å². The summed E-state index contributed by atoms with van der Waals surface area (Å²) in [7, 11) is 4.14. The molecular formula is C18H18ClN3. The molecule has 0 atom stereocenters. The zero-order valence-electron chi connectivity index (χ0n) is 12.7. The Hall–Kier alpha value is -2.10. The zero-order valence-corrected chi connectivity index (χ0v) is 13.5. The van der Waals surface area contributed by atoms with E-state index in [-0.39, 0.29) is 0 Å². The number of aromatic nitrogens is 2. The molecule has 22 heavy (non-hydrogen) atoms. The summed E-state index contributed by atoms with van der Waals surface area (Å²) in [4.78, 5) is 6.63. The van der Waals surface area contributed by atoms with Crippen molar-refractivity contribution in [2.45, 2.75) is 6.54 Å². The Kier molecular flexibility index (Phi) is 4.27. The molecule has 0 bridgehead atoms. The number of fused-ring (bicyclic) bond motifs is 1. The molecule has 0 unspecified atom stereocenters. The maximum absolute atomic E-state index is 6.19. The number of hydrogen-bond acceptors (Lipinski definition) is 2. The quantitative estimate of drug-likeness (QED) is 0.719. The van der Waals surface area contributed by atoms with Gasteiger partial charge in [-0.1, -0.05) is 35.9 Å². The van der Waals surface area contributed by atoms with Gasteiger partial charge in [0.1, 0.15) is 0 Å². The average Bonchev–Trinajstić information content (AvgIpc) is 2.90. The van der Waals surface area contributed by atoms with Crippen LogP contribution in [0.4, 0.5) is 0 Å². The summed E-state index contributed by atoms with van der Waals surface area (Å²) >= 11 is 6.19. The van der Waals surface area contributed by atoms with Gasteiger partial charge >= 0.3 is 0 Å². The normalized spacial score (nSPS) is 11.8. The molecule has 112 valence electrons. The van der Waals surface area contributed by atoms with Crippen LogP contribution >= 0.6 is 11.6 Å². The molecule has 0 saturated carbocycles. The Morgan fingerprint density at radius 1 is 1.14 bits per heavy atom. The first-order valence-electron chi connectivity index (χ1n) is 7.17. The molecule has 3 nitrogen and oxygen atoms in total. The van der Waals surface area contributed by atoms with E-state index < -0.39 is 0 Å². The van der Waals surface area contributed by atoms with Crippen LogP contribution in [0, 0.1) is 0 Å². The van der Waals surface area contributed by atoms with Gasteiger partial charge in [0, 0.05) is 29.7 Å². The van der Waals surface area contributed by atoms with Crippen LogP contribution in [0.5, 0.6) is 0 Å². The molecule has 0 aliphatic carbocycles. The van der Waals surface area contributed by atoms with Gasteiger partial charge in [0.25, 0.3) is 0 Å². The van der Waals surface area contributed by atoms with E-state index >= 15 is 0 Å². The largest absolute Gasteiger partial charge is 0.316 e. The van der Waals surface area contributed by atoms with E-state index in [4.69, 9.17) is 11.6 Å². The molecule has 3 rings (SSSR count). The standard InChI is InChI=1S/C18H18ClN3/c1-21(2)13-15-8-10-18-17(20-11-12-22(15)18)9-7-14-5-3-4-6-16(14)19/h3-12H,13H2,1-2H3. The Bertz CT molecular complexity index is 818. The van der Waals surface area contributed by atoms with Crippen molar-refractivity contribution in [3.63, 3.8) is 0 Å². The molecule has 2 aromatic heterocycles. The van der Waals surface area contributed by atoms with E-state index in [1.165, 1.54) is 5.69 Å². The van der Waals surface area contributed by atoms with E-state index in [0.717, 1.165) is 28.3 Å². The summed E-state index contributed by atoms with van der Waals surface area (Å²) in [6.45, 7) is 0.895. The van der Waals surface area contributed by atoms with Crippen LogP contribution in [0.25, 0.3) is 17.7 Å². The van der Waals surface area contributed by atoms with Crippen LogP contribution in [-0.2, 0) is 6.54 Å². The molecule has 1 aromatic carbocycles. The summed E-state index contributed by atoms with van der Waals surface area (Å²) in [5, 5.41) is 0.745. The van der Waals surface area contributed by atoms with Crippen LogP contribution < -0.4 is 0 Å². The van der Waals surface area contributed by atoms with Crippen molar-refractivity contribution < 1.29 is 0 Å². The van der Waals surface area contributed by atoms with Crippen molar-refractivity contribution in [2.24, 2.45) is 0 Å². The summed E-state index contributed by atoms with van der Waals surface area (Å²) in [6.07, 6.45) is 7.85. The summed E-state index contributed by atoms with van der Waals surface area (Å²) in [5.41, 5.74) is 4.28. The van der Waals surface area contributed by atoms with Gasteiger partial charge in [-0.25, -0.2) is 0 Å². The van der Waals surface area contributed by atoms with Gasteiger partial charge in [-0.3, -0.25) is 4.98 Å². The molecule has 0 aliphatic heterocycles. The Balaban J connectivity index is 1.98. The van der Waals surface area contributed by atoms with E-state index in [1.54, 1.807) is 0 Å². The minimum atomic E-state index is 0.745. The molecule has 0 radical (unpaired) electrons. The summed E-state index contributed by atoms with van der Waals surface area (Å²) in [6, 6.07) is 12.0. The van der Waals surface area contributed by atoms with Crippen LogP contribution in [-0.4, -0.2) is 28.4 Å². The molecule has 0 aliphatic rings. The zero-order chi connectivity index (χ0) is 15.5. The molecule has 0 N–H and O–H groups in total. The van der Waals surface area contributed by atoms with E-state index in [1.807, 2.05) is 48.8 Å². The van der Waals surface area contributed by atoms with E-state index in [2.05, 4.69) is 40.5 Å². The van der Waals surface area contributed by atoms with Crippen molar-refractivity contribution in [3.8, 4) is 0 Å². The van der Waals surface area contributed by atoms with Gasteiger partial charge < -0.3 is 9.30 Å². The SMILES string of the molecule is CN(C)Cc1ccc2c(C=Cc3ccccc3Cl)nccn12. The Morgan fingerprint density at radius 2 is 1.95 bits per heavy atom. The van der Waals surface area contributed by atoms with Gasteiger partial charge in [0.15, 0.2) is 0 Å². The van der Waals surface area contributed by atoms with E-state index in [0.29, 0.717) is 0 Å². The monoisotopic (exact) mass is 311 g/mol. The predicted octanol–water partition coefficient (Wildman–Crippen LogP) is 4.22. The minimum Gasteiger partial charge on any atom is -0.316 e. The first kappa shape index (κ1) is 14.8. The van der Waals surface area contributed by atoms with Gasteiger partial charge in [0.05, 0.1) is 11.2 Å². The third kappa shape index (κ3) is 3.06. The van der Waals surface area contributed by atoms with Gasteiger partial charge in [-0.05, 0) is 43.9 Å². The third-order valence-electron chi connectivity index (χ3n) is 3.50. The number of halogens is 1. The number of hydrogen-bond donors (Lipinski definition) is 0. The van der Waals surface area contributed by atoms with E-state index in [9.17, 15) is 0 Å². The first-order valence-corrected chi connectivity index (χ1v) is 7.55. The highest BCUT2D eigenvalue weighted by atomic mass is 35.5. The Labute approximate surface area is 135 Å². The fourth-order valence-electron chi connectivity index (χ4n) is 2.48. The Morgan fingerprint density at radius 3 is 2.73 bits per heavy atom. The summed E-state index contributed by atoms with van der Waals surface area (Å²) in [5.74, 6) is 0. The second kappa shape index (κ2) is 6.34. The topological polar surface area (TPSA) is 20.5 Å². The molecule has 0 spiro atoms. The highest BCUT2D eigenvalue weighted by Crippen LogP contribution is 2.20. The second-order valence-corrected chi connectivity index (χ2v) is 5.89. The highest BCUT2D eigenvalue weighted by Gasteiger charge is 2.06. The fraction of sp³-hybridized carbons (Fsp3) is 0.167. The smallest absolute Gasteiger partial charge is 0.0870 e. The lowest BCUT2D eigenvalue weighted by atomic mass is 10.2. The lowest BCUT2D eigenvalue weighted by Gasteiger charge is -2.10. The van der Waals surface area contributed by atoms with Crippen molar-refractivity contribution in [3.05, 3.63) is 70.8 Å². The first-order chi connectivity index (χ1) is 10.6. The molecule has 0 fully saturated rings. The average molecular weight is 312 g/mol. The number of rotatable bonds is 4. The van der Waals surface area contributed by atoms with Crippen molar-refractivity contribution in [2.75, 3.05) is 14.1 Å². The van der Waals surface area contributed by atoms with Crippen molar-refractivity contribution >= 4 is 29.3 Å². The second-order valence-electron chi connectivity index (χ2n) is 5.49. The van der Waals surface area contributed by atoms with Crippen LogP contribution in [0.3, 0.4) is 0 Å². The van der Waals surface area contributed by atoms with Gasteiger partial charge in [-0.15, -0.1) is 0 Å². The number of benzene rings is 1. The number of nitrogens with zero attached hydrogens (tertiary/aromatic N) is 3. The van der Waals surface area contributed by atoms with Crippen molar-refractivity contribution in [1.29, 1.82) is 0 Å². The molecule has 0 saturated heterocycles. The maximum atomic E-state index is 6.19.